The van der Waals surface area contributed by atoms with Crippen LogP contribution in [0.15, 0.2) is 25.8 Å². The molecule has 76 valence electrons. The maximum absolute atomic E-state index is 4.41. The normalized spacial score (nSPS) is 10.2. The van der Waals surface area contributed by atoms with Gasteiger partial charge < -0.3 is 0 Å². The van der Waals surface area contributed by atoms with E-state index in [1.54, 1.807) is 18.2 Å². The van der Waals surface area contributed by atoms with E-state index in [0.717, 1.165) is 22.8 Å². The van der Waals surface area contributed by atoms with Crippen LogP contribution in [0.5, 0.6) is 0 Å². The summed E-state index contributed by atoms with van der Waals surface area (Å²) in [6.07, 6.45) is 8.82. The standard InChI is InChI=1S/C13H14N2/c1-5-9-13-12(8-4)14-10(6-2)11(7-3)15-13/h5-9H,2-4H2,1H3/b9-5-. The Labute approximate surface area is 90.4 Å². The lowest BCUT2D eigenvalue weighted by molar-refractivity contribution is 1.12. The van der Waals surface area contributed by atoms with Crippen molar-refractivity contribution in [3.8, 4) is 0 Å². The minimum absolute atomic E-state index is 0.730. The maximum atomic E-state index is 4.41. The fourth-order valence-electron chi connectivity index (χ4n) is 1.22. The van der Waals surface area contributed by atoms with Gasteiger partial charge >= 0.3 is 0 Å². The number of aromatic nitrogens is 2. The molecular formula is C13H14N2. The first kappa shape index (κ1) is 11.1. The third-order valence-corrected chi connectivity index (χ3v) is 1.91. The Morgan fingerprint density at radius 1 is 0.800 bits per heavy atom. The molecule has 0 aromatic carbocycles. The summed E-state index contributed by atoms with van der Waals surface area (Å²) in [4.78, 5) is 8.79. The quantitative estimate of drug-likeness (QED) is 0.740. The first-order chi connectivity index (χ1) is 7.26. The van der Waals surface area contributed by atoms with Crippen molar-refractivity contribution in [2.75, 3.05) is 0 Å². The van der Waals surface area contributed by atoms with Crippen LogP contribution in [-0.2, 0) is 0 Å². The molecule has 1 aromatic heterocycles. The van der Waals surface area contributed by atoms with E-state index < -0.39 is 0 Å². The van der Waals surface area contributed by atoms with Crippen LogP contribution >= 0.6 is 0 Å². The third kappa shape index (κ3) is 2.29. The molecule has 0 saturated carbocycles. The molecule has 0 aliphatic rings. The highest BCUT2D eigenvalue weighted by atomic mass is 14.8. The number of rotatable bonds is 4. The highest BCUT2D eigenvalue weighted by molar-refractivity contribution is 5.65. The topological polar surface area (TPSA) is 25.8 Å². The van der Waals surface area contributed by atoms with Crippen molar-refractivity contribution in [2.45, 2.75) is 6.92 Å². The van der Waals surface area contributed by atoms with Gasteiger partial charge in [0.15, 0.2) is 0 Å². The van der Waals surface area contributed by atoms with E-state index in [-0.39, 0.29) is 0 Å². The molecule has 0 N–H and O–H groups in total. The summed E-state index contributed by atoms with van der Waals surface area (Å²) in [6.45, 7) is 13.0. The maximum Gasteiger partial charge on any atom is 0.0891 e. The zero-order chi connectivity index (χ0) is 11.3. The average molecular weight is 198 g/mol. The summed E-state index contributed by atoms with van der Waals surface area (Å²) in [7, 11) is 0. The largest absolute Gasteiger partial charge is 0.245 e. The number of hydrogen-bond donors (Lipinski definition) is 0. The first-order valence-corrected chi connectivity index (χ1v) is 4.68. The van der Waals surface area contributed by atoms with Gasteiger partial charge in [-0.05, 0) is 31.2 Å². The molecule has 0 aliphatic heterocycles. The lowest BCUT2D eigenvalue weighted by Crippen LogP contribution is -1.98. The van der Waals surface area contributed by atoms with E-state index in [1.165, 1.54) is 0 Å². The predicted molar refractivity (Wildman–Crippen MR) is 67.0 cm³/mol. The van der Waals surface area contributed by atoms with Crippen LogP contribution in [0.3, 0.4) is 0 Å². The van der Waals surface area contributed by atoms with Crippen LogP contribution < -0.4 is 0 Å². The van der Waals surface area contributed by atoms with Gasteiger partial charge in [0.05, 0.1) is 22.8 Å². The van der Waals surface area contributed by atoms with E-state index in [2.05, 4.69) is 29.7 Å². The average Bonchev–Trinajstić information content (AvgIpc) is 2.28. The minimum atomic E-state index is 0.730. The summed E-state index contributed by atoms with van der Waals surface area (Å²) in [5.74, 6) is 0. The van der Waals surface area contributed by atoms with Crippen molar-refractivity contribution in [2.24, 2.45) is 0 Å². The van der Waals surface area contributed by atoms with Crippen molar-refractivity contribution < 1.29 is 0 Å². The zero-order valence-electron chi connectivity index (χ0n) is 8.90. The third-order valence-electron chi connectivity index (χ3n) is 1.91. The van der Waals surface area contributed by atoms with Crippen molar-refractivity contribution in [3.05, 3.63) is 48.6 Å². The number of hydrogen-bond acceptors (Lipinski definition) is 2. The fraction of sp³-hybridized carbons (Fsp3) is 0.0769. The summed E-state index contributed by atoms with van der Waals surface area (Å²) >= 11 is 0. The molecule has 0 radical (unpaired) electrons. The highest BCUT2D eigenvalue weighted by Gasteiger charge is 2.05. The molecule has 0 atom stereocenters. The van der Waals surface area contributed by atoms with Crippen molar-refractivity contribution in [1.82, 2.24) is 9.97 Å². The molecule has 0 amide bonds. The van der Waals surface area contributed by atoms with Crippen LogP contribution in [-0.4, -0.2) is 9.97 Å². The van der Waals surface area contributed by atoms with Gasteiger partial charge in [0, 0.05) is 0 Å². The predicted octanol–water partition coefficient (Wildman–Crippen LogP) is 3.44. The van der Waals surface area contributed by atoms with Crippen LogP contribution in [0.25, 0.3) is 24.3 Å². The monoisotopic (exact) mass is 198 g/mol. The van der Waals surface area contributed by atoms with Crippen molar-refractivity contribution in [1.29, 1.82) is 0 Å². The summed E-state index contributed by atoms with van der Waals surface area (Å²) in [5.41, 5.74) is 3.03. The molecule has 0 aliphatic carbocycles. The lowest BCUT2D eigenvalue weighted by Gasteiger charge is -2.05. The molecule has 2 nitrogen and oxygen atoms in total. The molecule has 0 saturated heterocycles. The summed E-state index contributed by atoms with van der Waals surface area (Å²) < 4.78 is 0. The molecule has 1 heterocycles. The first-order valence-electron chi connectivity index (χ1n) is 4.68. The Kier molecular flexibility index (Phi) is 3.75. The molecule has 15 heavy (non-hydrogen) atoms. The SMILES string of the molecule is C=Cc1nc(C=C)c(/C=C\C)nc1C=C. The second-order valence-corrected chi connectivity index (χ2v) is 2.88. The molecule has 0 bridgehead atoms. The van der Waals surface area contributed by atoms with Crippen LogP contribution in [0.1, 0.15) is 29.7 Å². The van der Waals surface area contributed by atoms with Crippen LogP contribution in [0, 0.1) is 0 Å². The molecular weight excluding hydrogens is 184 g/mol. The molecule has 0 fully saturated rings. The second kappa shape index (κ2) is 5.05. The Hall–Kier alpha value is -1.96. The lowest BCUT2D eigenvalue weighted by atomic mass is 10.2. The Morgan fingerprint density at radius 3 is 1.60 bits per heavy atom. The molecule has 0 spiro atoms. The highest BCUT2D eigenvalue weighted by Crippen LogP contribution is 2.14. The smallest absolute Gasteiger partial charge is 0.0891 e. The van der Waals surface area contributed by atoms with E-state index in [1.807, 2.05) is 19.1 Å². The number of nitrogens with zero attached hydrogens (tertiary/aromatic N) is 2. The van der Waals surface area contributed by atoms with E-state index in [4.69, 9.17) is 0 Å². The van der Waals surface area contributed by atoms with Crippen LogP contribution in [0.4, 0.5) is 0 Å². The molecule has 1 aromatic rings. The molecule has 0 unspecified atom stereocenters. The van der Waals surface area contributed by atoms with Gasteiger partial charge in [-0.15, -0.1) is 0 Å². The minimum Gasteiger partial charge on any atom is -0.245 e. The zero-order valence-corrected chi connectivity index (χ0v) is 8.90. The Balaban J connectivity index is 3.46. The van der Waals surface area contributed by atoms with Gasteiger partial charge in [-0.2, -0.15) is 0 Å². The van der Waals surface area contributed by atoms with Crippen LogP contribution in [0.2, 0.25) is 0 Å². The van der Waals surface area contributed by atoms with Gasteiger partial charge in [0.25, 0.3) is 0 Å². The molecule has 1 rings (SSSR count). The van der Waals surface area contributed by atoms with Gasteiger partial charge in [0.2, 0.25) is 0 Å². The van der Waals surface area contributed by atoms with E-state index >= 15 is 0 Å². The van der Waals surface area contributed by atoms with Crippen molar-refractivity contribution in [3.63, 3.8) is 0 Å². The van der Waals surface area contributed by atoms with E-state index in [0.29, 0.717) is 0 Å². The Bertz CT molecular complexity index is 428. The van der Waals surface area contributed by atoms with Gasteiger partial charge in [-0.3, -0.25) is 0 Å². The fourth-order valence-corrected chi connectivity index (χ4v) is 1.22. The summed E-state index contributed by atoms with van der Waals surface area (Å²) in [6, 6.07) is 0. The summed E-state index contributed by atoms with van der Waals surface area (Å²) in [5, 5.41) is 0. The number of allylic oxidation sites excluding steroid dienone is 1. The van der Waals surface area contributed by atoms with Gasteiger partial charge in [0.1, 0.15) is 0 Å². The second-order valence-electron chi connectivity index (χ2n) is 2.88. The van der Waals surface area contributed by atoms with E-state index in [9.17, 15) is 0 Å². The van der Waals surface area contributed by atoms with Gasteiger partial charge in [-0.1, -0.05) is 25.8 Å². The van der Waals surface area contributed by atoms with Crippen molar-refractivity contribution >= 4 is 24.3 Å². The Morgan fingerprint density at radius 2 is 1.20 bits per heavy atom. The van der Waals surface area contributed by atoms with Gasteiger partial charge in [-0.25, -0.2) is 9.97 Å². The molecule has 2 heteroatoms.